The predicted octanol–water partition coefficient (Wildman–Crippen LogP) is 2.35. The summed E-state index contributed by atoms with van der Waals surface area (Å²) in [6.07, 6.45) is 0.646. The van der Waals surface area contributed by atoms with E-state index in [1.165, 1.54) is 0 Å². The van der Waals surface area contributed by atoms with Crippen molar-refractivity contribution in [3.05, 3.63) is 58.7 Å². The van der Waals surface area contributed by atoms with E-state index in [0.29, 0.717) is 55.4 Å². The Labute approximate surface area is 144 Å². The molecule has 1 amide bonds. The summed E-state index contributed by atoms with van der Waals surface area (Å²) >= 11 is 0. The largest absolute Gasteiger partial charge is 0.486 e. The number of nitrogens with zero attached hydrogens (tertiary/aromatic N) is 1. The first-order valence-corrected chi connectivity index (χ1v) is 8.16. The summed E-state index contributed by atoms with van der Waals surface area (Å²) < 4.78 is 11.0. The van der Waals surface area contributed by atoms with E-state index >= 15 is 0 Å². The number of benzene rings is 2. The summed E-state index contributed by atoms with van der Waals surface area (Å²) in [7, 11) is 0. The maximum Gasteiger partial charge on any atom is 0.336 e. The van der Waals surface area contributed by atoms with Crippen LogP contribution in [0.15, 0.2) is 36.4 Å². The molecular weight excluding hydrogens is 322 g/mol. The highest BCUT2D eigenvalue weighted by molar-refractivity contribution is 5.95. The van der Waals surface area contributed by atoms with E-state index in [9.17, 15) is 14.7 Å². The second-order valence-electron chi connectivity index (χ2n) is 6.08. The van der Waals surface area contributed by atoms with Crippen molar-refractivity contribution in [1.29, 1.82) is 0 Å². The third-order valence-corrected chi connectivity index (χ3v) is 4.58. The zero-order valence-corrected chi connectivity index (χ0v) is 13.5. The molecule has 0 fully saturated rings. The Morgan fingerprint density at radius 2 is 1.84 bits per heavy atom. The van der Waals surface area contributed by atoms with Gasteiger partial charge in [0.1, 0.15) is 13.2 Å². The Bertz CT molecular complexity index is 861. The Balaban J connectivity index is 1.61. The third-order valence-electron chi connectivity index (χ3n) is 4.58. The number of carbonyl (C=O) groups is 2. The highest BCUT2D eigenvalue weighted by Gasteiger charge is 2.26. The number of fused-ring (bicyclic) bond motifs is 2. The summed E-state index contributed by atoms with van der Waals surface area (Å²) in [6.45, 7) is 1.82. The van der Waals surface area contributed by atoms with Gasteiger partial charge in [0.2, 0.25) is 0 Å². The van der Waals surface area contributed by atoms with Crippen molar-refractivity contribution >= 4 is 11.9 Å². The molecule has 128 valence electrons. The lowest BCUT2D eigenvalue weighted by Gasteiger charge is -2.30. The molecular formula is C19H17NO5. The monoisotopic (exact) mass is 339 g/mol. The van der Waals surface area contributed by atoms with E-state index in [1.807, 2.05) is 6.07 Å². The Kier molecular flexibility index (Phi) is 3.80. The molecule has 0 aromatic heterocycles. The minimum absolute atomic E-state index is 0.136. The van der Waals surface area contributed by atoms with Crippen molar-refractivity contribution in [3.8, 4) is 11.5 Å². The van der Waals surface area contributed by atoms with Gasteiger partial charge in [-0.15, -0.1) is 0 Å². The number of hydrogen-bond donors (Lipinski definition) is 1. The second kappa shape index (κ2) is 6.12. The second-order valence-corrected chi connectivity index (χ2v) is 6.08. The molecule has 0 radical (unpaired) electrons. The lowest BCUT2D eigenvalue weighted by Crippen LogP contribution is -2.36. The summed E-state index contributed by atoms with van der Waals surface area (Å²) in [5, 5.41) is 9.38. The fourth-order valence-electron chi connectivity index (χ4n) is 3.31. The molecule has 0 bridgehead atoms. The SMILES string of the molecule is O=C(O)c1cccc2c1CN(C(=O)c1ccc3c(c1)OCCO3)CC2. The lowest BCUT2D eigenvalue weighted by molar-refractivity contribution is 0.0677. The van der Waals surface area contributed by atoms with Gasteiger partial charge in [0, 0.05) is 18.7 Å². The number of carboxylic acid groups (broad SMARTS) is 1. The molecule has 2 heterocycles. The van der Waals surface area contributed by atoms with Crippen molar-refractivity contribution in [3.63, 3.8) is 0 Å². The van der Waals surface area contributed by atoms with E-state index in [4.69, 9.17) is 9.47 Å². The van der Waals surface area contributed by atoms with Crippen molar-refractivity contribution in [2.75, 3.05) is 19.8 Å². The Morgan fingerprint density at radius 3 is 2.64 bits per heavy atom. The number of carboxylic acids is 1. The summed E-state index contributed by atoms with van der Waals surface area (Å²) in [4.78, 5) is 26.0. The van der Waals surface area contributed by atoms with Gasteiger partial charge in [0.15, 0.2) is 11.5 Å². The van der Waals surface area contributed by atoms with Gasteiger partial charge in [-0.1, -0.05) is 12.1 Å². The zero-order chi connectivity index (χ0) is 17.4. The van der Waals surface area contributed by atoms with Crippen LogP contribution in [0, 0.1) is 0 Å². The fourth-order valence-corrected chi connectivity index (χ4v) is 3.31. The minimum atomic E-state index is -0.967. The summed E-state index contributed by atoms with van der Waals surface area (Å²) in [5.41, 5.74) is 2.48. The van der Waals surface area contributed by atoms with Gasteiger partial charge in [0.05, 0.1) is 5.56 Å². The maximum absolute atomic E-state index is 12.9. The molecule has 2 aliphatic heterocycles. The van der Waals surface area contributed by atoms with Gasteiger partial charge in [-0.2, -0.15) is 0 Å². The average Bonchev–Trinajstić information content (AvgIpc) is 2.66. The van der Waals surface area contributed by atoms with Crippen LogP contribution >= 0.6 is 0 Å². The first-order valence-electron chi connectivity index (χ1n) is 8.16. The molecule has 6 heteroatoms. The molecule has 0 saturated carbocycles. The molecule has 0 aliphatic carbocycles. The quantitative estimate of drug-likeness (QED) is 0.909. The van der Waals surface area contributed by atoms with Crippen molar-refractivity contribution in [2.45, 2.75) is 13.0 Å². The number of carbonyl (C=O) groups excluding carboxylic acids is 1. The molecule has 2 aromatic rings. The Morgan fingerprint density at radius 1 is 1.04 bits per heavy atom. The van der Waals surface area contributed by atoms with Gasteiger partial charge in [0.25, 0.3) is 5.91 Å². The topological polar surface area (TPSA) is 76.1 Å². The number of amides is 1. The standard InChI is InChI=1S/C19H17NO5/c21-18(13-4-5-16-17(10-13)25-9-8-24-16)20-7-6-12-2-1-3-14(19(22)23)15(12)11-20/h1-5,10H,6-9,11H2,(H,22,23). The normalized spacial score (nSPS) is 15.4. The predicted molar refractivity (Wildman–Crippen MR) is 89.3 cm³/mol. The smallest absolute Gasteiger partial charge is 0.336 e. The highest BCUT2D eigenvalue weighted by Crippen LogP contribution is 2.32. The van der Waals surface area contributed by atoms with E-state index in [2.05, 4.69) is 0 Å². The zero-order valence-electron chi connectivity index (χ0n) is 13.5. The Hall–Kier alpha value is -3.02. The molecule has 2 aromatic carbocycles. The molecule has 25 heavy (non-hydrogen) atoms. The maximum atomic E-state index is 12.9. The molecule has 2 aliphatic rings. The van der Waals surface area contributed by atoms with Gasteiger partial charge < -0.3 is 19.5 Å². The van der Waals surface area contributed by atoms with Crippen LogP contribution in [0.1, 0.15) is 31.8 Å². The average molecular weight is 339 g/mol. The van der Waals surface area contributed by atoms with E-state index in [0.717, 1.165) is 5.56 Å². The van der Waals surface area contributed by atoms with Crippen LogP contribution in [0.5, 0.6) is 11.5 Å². The van der Waals surface area contributed by atoms with Crippen LogP contribution in [-0.4, -0.2) is 41.6 Å². The molecule has 0 spiro atoms. The van der Waals surface area contributed by atoms with Crippen LogP contribution in [0.2, 0.25) is 0 Å². The first kappa shape index (κ1) is 15.5. The van der Waals surface area contributed by atoms with Crippen LogP contribution in [0.25, 0.3) is 0 Å². The lowest BCUT2D eigenvalue weighted by atomic mass is 9.94. The molecule has 4 rings (SSSR count). The highest BCUT2D eigenvalue weighted by atomic mass is 16.6. The van der Waals surface area contributed by atoms with Crippen molar-refractivity contribution < 1.29 is 24.2 Å². The molecule has 1 N–H and O–H groups in total. The summed E-state index contributed by atoms with van der Waals surface area (Å²) in [5.74, 6) is 0.106. The number of ether oxygens (including phenoxy) is 2. The minimum Gasteiger partial charge on any atom is -0.486 e. The van der Waals surface area contributed by atoms with Crippen molar-refractivity contribution in [1.82, 2.24) is 4.90 Å². The molecule has 6 nitrogen and oxygen atoms in total. The first-order chi connectivity index (χ1) is 12.1. The molecule has 0 saturated heterocycles. The number of rotatable bonds is 2. The third kappa shape index (κ3) is 2.80. The van der Waals surface area contributed by atoms with Gasteiger partial charge in [-0.25, -0.2) is 4.79 Å². The fraction of sp³-hybridized carbons (Fsp3) is 0.263. The van der Waals surface area contributed by atoms with Crippen LogP contribution in [-0.2, 0) is 13.0 Å². The van der Waals surface area contributed by atoms with Gasteiger partial charge >= 0.3 is 5.97 Å². The van der Waals surface area contributed by atoms with Crippen LogP contribution in [0.3, 0.4) is 0 Å². The number of aromatic carboxylic acids is 1. The van der Waals surface area contributed by atoms with Gasteiger partial charge in [-0.05, 0) is 41.8 Å². The van der Waals surface area contributed by atoms with Gasteiger partial charge in [-0.3, -0.25) is 4.79 Å². The molecule has 0 atom stereocenters. The number of hydrogen-bond acceptors (Lipinski definition) is 4. The van der Waals surface area contributed by atoms with E-state index < -0.39 is 5.97 Å². The molecule has 0 unspecified atom stereocenters. The van der Waals surface area contributed by atoms with Crippen LogP contribution < -0.4 is 9.47 Å². The van der Waals surface area contributed by atoms with Crippen LogP contribution in [0.4, 0.5) is 0 Å². The van der Waals surface area contributed by atoms with Crippen molar-refractivity contribution in [2.24, 2.45) is 0 Å². The van der Waals surface area contributed by atoms with E-state index in [-0.39, 0.29) is 11.5 Å². The van der Waals surface area contributed by atoms with E-state index in [1.54, 1.807) is 35.2 Å². The summed E-state index contributed by atoms with van der Waals surface area (Å²) in [6, 6.07) is 10.4.